The topological polar surface area (TPSA) is 66.5 Å². The van der Waals surface area contributed by atoms with E-state index in [1.165, 1.54) is 0 Å². The summed E-state index contributed by atoms with van der Waals surface area (Å²) in [7, 11) is 0. The van der Waals surface area contributed by atoms with E-state index in [9.17, 15) is 14.6 Å². The standard InChI is InChI=1S/C10H13ClFNO2/c1-4-6(11)3-7(12)10(15)8(4)9(14)5(2)13/h3,5,9,14-15H,13H2,1-2H3. The zero-order valence-corrected chi connectivity index (χ0v) is 9.22. The summed E-state index contributed by atoms with van der Waals surface area (Å²) in [5, 5.41) is 19.3. The predicted molar refractivity (Wildman–Crippen MR) is 56.4 cm³/mol. The summed E-state index contributed by atoms with van der Waals surface area (Å²) in [4.78, 5) is 0. The lowest BCUT2D eigenvalue weighted by atomic mass is 9.98. The van der Waals surface area contributed by atoms with Crippen molar-refractivity contribution in [1.82, 2.24) is 0 Å². The van der Waals surface area contributed by atoms with Crippen LogP contribution in [-0.2, 0) is 0 Å². The number of phenolic OH excluding ortho intramolecular Hbond substituents is 1. The van der Waals surface area contributed by atoms with Crippen LogP contribution in [0.2, 0.25) is 5.02 Å². The average molecular weight is 234 g/mol. The molecular formula is C10H13ClFNO2. The highest BCUT2D eigenvalue weighted by Gasteiger charge is 2.23. The third-order valence-corrected chi connectivity index (χ3v) is 2.68. The summed E-state index contributed by atoms with van der Waals surface area (Å²) in [6.07, 6.45) is -1.14. The fraction of sp³-hybridized carbons (Fsp3) is 0.400. The van der Waals surface area contributed by atoms with Gasteiger partial charge in [0.2, 0.25) is 0 Å². The summed E-state index contributed by atoms with van der Waals surface area (Å²) in [5.41, 5.74) is 5.96. The molecule has 4 N–H and O–H groups in total. The first-order chi connectivity index (χ1) is 6.86. The molecule has 84 valence electrons. The number of aliphatic hydroxyl groups excluding tert-OH is 1. The highest BCUT2D eigenvalue weighted by molar-refractivity contribution is 6.31. The lowest BCUT2D eigenvalue weighted by Gasteiger charge is -2.19. The van der Waals surface area contributed by atoms with Gasteiger partial charge in [0.1, 0.15) is 0 Å². The molecular weight excluding hydrogens is 221 g/mol. The molecule has 1 aromatic carbocycles. The second-order valence-electron chi connectivity index (χ2n) is 3.53. The lowest BCUT2D eigenvalue weighted by Crippen LogP contribution is -2.25. The molecule has 0 aliphatic carbocycles. The Morgan fingerprint density at radius 1 is 1.53 bits per heavy atom. The van der Waals surface area contributed by atoms with Gasteiger partial charge >= 0.3 is 0 Å². The molecule has 0 saturated heterocycles. The second-order valence-corrected chi connectivity index (χ2v) is 3.94. The monoisotopic (exact) mass is 233 g/mol. The predicted octanol–water partition coefficient (Wildman–Crippen LogP) is 1.87. The molecule has 3 nitrogen and oxygen atoms in total. The molecule has 1 aromatic rings. The van der Waals surface area contributed by atoms with Gasteiger partial charge in [-0.3, -0.25) is 0 Å². The van der Waals surface area contributed by atoms with E-state index < -0.39 is 23.7 Å². The number of rotatable bonds is 2. The van der Waals surface area contributed by atoms with Crippen molar-refractivity contribution in [2.75, 3.05) is 0 Å². The van der Waals surface area contributed by atoms with Gasteiger partial charge in [0.15, 0.2) is 11.6 Å². The average Bonchev–Trinajstić information content (AvgIpc) is 2.15. The Hall–Kier alpha value is -0.840. The minimum absolute atomic E-state index is 0.0509. The molecule has 0 aliphatic heterocycles. The molecule has 0 spiro atoms. The molecule has 2 unspecified atom stereocenters. The smallest absolute Gasteiger partial charge is 0.166 e. The Morgan fingerprint density at radius 2 is 2.07 bits per heavy atom. The highest BCUT2D eigenvalue weighted by atomic mass is 35.5. The van der Waals surface area contributed by atoms with Crippen molar-refractivity contribution >= 4 is 11.6 Å². The van der Waals surface area contributed by atoms with E-state index in [1.807, 2.05) is 0 Å². The maximum atomic E-state index is 13.2. The molecule has 0 heterocycles. The molecule has 0 fully saturated rings. The highest BCUT2D eigenvalue weighted by Crippen LogP contribution is 2.35. The van der Waals surface area contributed by atoms with Crippen LogP contribution in [0.5, 0.6) is 5.75 Å². The van der Waals surface area contributed by atoms with Crippen LogP contribution in [0.1, 0.15) is 24.2 Å². The SMILES string of the molecule is Cc1c(Cl)cc(F)c(O)c1C(O)C(C)N. The molecule has 5 heteroatoms. The summed E-state index contributed by atoms with van der Waals surface area (Å²) >= 11 is 5.74. The molecule has 15 heavy (non-hydrogen) atoms. The zero-order chi connectivity index (χ0) is 11.7. The lowest BCUT2D eigenvalue weighted by molar-refractivity contribution is 0.148. The van der Waals surface area contributed by atoms with Crippen molar-refractivity contribution in [1.29, 1.82) is 0 Å². The maximum Gasteiger partial charge on any atom is 0.166 e. The minimum Gasteiger partial charge on any atom is -0.505 e. The van der Waals surface area contributed by atoms with Crippen molar-refractivity contribution in [3.8, 4) is 5.75 Å². The van der Waals surface area contributed by atoms with Crippen molar-refractivity contribution in [2.24, 2.45) is 5.73 Å². The van der Waals surface area contributed by atoms with Crippen LogP contribution in [0.3, 0.4) is 0 Å². The van der Waals surface area contributed by atoms with Crippen LogP contribution in [0.15, 0.2) is 6.07 Å². The number of hydrogen-bond donors (Lipinski definition) is 3. The molecule has 1 rings (SSSR count). The van der Waals surface area contributed by atoms with Crippen LogP contribution in [-0.4, -0.2) is 16.3 Å². The minimum atomic E-state index is -1.14. The number of hydrogen-bond acceptors (Lipinski definition) is 3. The van der Waals surface area contributed by atoms with Crippen molar-refractivity contribution in [3.63, 3.8) is 0 Å². The summed E-state index contributed by atoms with van der Waals surface area (Å²) < 4.78 is 13.2. The van der Waals surface area contributed by atoms with Crippen molar-refractivity contribution in [2.45, 2.75) is 26.0 Å². The third-order valence-electron chi connectivity index (χ3n) is 2.29. The number of aromatic hydroxyl groups is 1. The Balaban J connectivity index is 3.39. The van der Waals surface area contributed by atoms with Crippen LogP contribution in [0.25, 0.3) is 0 Å². The maximum absolute atomic E-state index is 13.2. The van der Waals surface area contributed by atoms with Gasteiger partial charge in [-0.2, -0.15) is 0 Å². The van der Waals surface area contributed by atoms with Crippen LogP contribution in [0.4, 0.5) is 4.39 Å². The zero-order valence-electron chi connectivity index (χ0n) is 8.46. The molecule has 0 aromatic heterocycles. The molecule has 0 saturated carbocycles. The first-order valence-electron chi connectivity index (χ1n) is 4.47. The largest absolute Gasteiger partial charge is 0.505 e. The first-order valence-corrected chi connectivity index (χ1v) is 4.85. The van der Waals surface area contributed by atoms with Crippen LogP contribution < -0.4 is 5.73 Å². The number of benzene rings is 1. The molecule has 0 radical (unpaired) electrons. The summed E-state index contributed by atoms with van der Waals surface area (Å²) in [6, 6.07) is 0.386. The number of aliphatic hydroxyl groups is 1. The van der Waals surface area contributed by atoms with Crippen LogP contribution >= 0.6 is 11.6 Å². The molecule has 0 amide bonds. The quantitative estimate of drug-likeness (QED) is 0.731. The Morgan fingerprint density at radius 3 is 2.53 bits per heavy atom. The normalized spacial score (nSPS) is 15.1. The van der Waals surface area contributed by atoms with Gasteiger partial charge in [-0.15, -0.1) is 0 Å². The van der Waals surface area contributed by atoms with E-state index >= 15 is 0 Å². The van der Waals surface area contributed by atoms with Gasteiger partial charge in [0.05, 0.1) is 6.10 Å². The fourth-order valence-corrected chi connectivity index (χ4v) is 1.55. The van der Waals surface area contributed by atoms with Crippen molar-refractivity contribution < 1.29 is 14.6 Å². The van der Waals surface area contributed by atoms with Crippen LogP contribution in [0, 0.1) is 12.7 Å². The van der Waals surface area contributed by atoms with Gasteiger partial charge in [0, 0.05) is 16.6 Å². The third kappa shape index (κ3) is 2.22. The van der Waals surface area contributed by atoms with Crippen molar-refractivity contribution in [3.05, 3.63) is 28.0 Å². The van der Waals surface area contributed by atoms with Gasteiger partial charge in [0.25, 0.3) is 0 Å². The number of phenols is 1. The van der Waals surface area contributed by atoms with E-state index in [0.29, 0.717) is 5.56 Å². The fourth-order valence-electron chi connectivity index (χ4n) is 1.35. The van der Waals surface area contributed by atoms with E-state index in [0.717, 1.165) is 6.07 Å². The molecule has 2 atom stereocenters. The van der Waals surface area contributed by atoms with Gasteiger partial charge in [-0.05, 0) is 25.5 Å². The van der Waals surface area contributed by atoms with E-state index in [-0.39, 0.29) is 10.6 Å². The Bertz CT molecular complexity index is 356. The van der Waals surface area contributed by atoms with E-state index in [1.54, 1.807) is 13.8 Å². The number of nitrogens with two attached hydrogens (primary N) is 1. The van der Waals surface area contributed by atoms with E-state index in [2.05, 4.69) is 0 Å². The van der Waals surface area contributed by atoms with Gasteiger partial charge in [-0.1, -0.05) is 11.6 Å². The molecule has 0 bridgehead atoms. The summed E-state index contributed by atoms with van der Waals surface area (Å²) in [6.45, 7) is 3.14. The Labute approximate surface area is 92.3 Å². The molecule has 0 aliphatic rings. The van der Waals surface area contributed by atoms with Gasteiger partial charge in [-0.25, -0.2) is 4.39 Å². The number of halogens is 2. The first kappa shape index (κ1) is 12.2. The van der Waals surface area contributed by atoms with E-state index in [4.69, 9.17) is 17.3 Å². The Kier molecular flexibility index (Phi) is 3.54. The summed E-state index contributed by atoms with van der Waals surface area (Å²) in [5.74, 6) is -1.46. The second kappa shape index (κ2) is 4.35. The van der Waals surface area contributed by atoms with Gasteiger partial charge < -0.3 is 15.9 Å².